The molecule has 0 fully saturated rings. The molecule has 0 aliphatic carbocycles. The smallest absolute Gasteiger partial charge is 0.196 e. The van der Waals surface area contributed by atoms with E-state index in [-0.39, 0.29) is 11.3 Å². The van der Waals surface area contributed by atoms with E-state index in [1.165, 1.54) is 18.5 Å². The lowest BCUT2D eigenvalue weighted by Crippen LogP contribution is -2.03. The van der Waals surface area contributed by atoms with Crippen LogP contribution in [0, 0.1) is 5.82 Å². The predicted octanol–water partition coefficient (Wildman–Crippen LogP) is 3.00. The molecule has 0 radical (unpaired) electrons. The molecule has 4 heteroatoms. The van der Waals surface area contributed by atoms with Gasteiger partial charge in [0.05, 0.1) is 11.7 Å². The van der Waals surface area contributed by atoms with Crippen LogP contribution in [-0.4, -0.2) is 15.8 Å². The van der Waals surface area contributed by atoms with Gasteiger partial charge < -0.3 is 0 Å². The number of nitrogens with zero attached hydrogens (tertiary/aromatic N) is 2. The quantitative estimate of drug-likeness (QED) is 0.658. The van der Waals surface area contributed by atoms with E-state index < -0.39 is 5.82 Å². The van der Waals surface area contributed by atoms with Crippen molar-refractivity contribution in [1.29, 1.82) is 0 Å². The van der Waals surface area contributed by atoms with Crippen molar-refractivity contribution in [3.8, 4) is 0 Å². The van der Waals surface area contributed by atoms with Crippen molar-refractivity contribution in [2.45, 2.75) is 0 Å². The van der Waals surface area contributed by atoms with Crippen molar-refractivity contribution in [3.63, 3.8) is 0 Å². The first-order chi connectivity index (χ1) is 9.24. The van der Waals surface area contributed by atoms with Gasteiger partial charge >= 0.3 is 0 Å². The van der Waals surface area contributed by atoms with E-state index in [2.05, 4.69) is 9.97 Å². The molecule has 3 rings (SSSR count). The summed E-state index contributed by atoms with van der Waals surface area (Å²) < 4.78 is 13.1. The SMILES string of the molecule is O=C(c1cncc(F)c1)c1cnc2ccccc2c1. The number of carbonyl (C=O) groups excluding carboxylic acids is 1. The lowest BCUT2D eigenvalue weighted by atomic mass is 10.0. The Kier molecular flexibility index (Phi) is 2.76. The van der Waals surface area contributed by atoms with Crippen molar-refractivity contribution in [3.05, 3.63) is 71.9 Å². The number of aromatic nitrogens is 2. The lowest BCUT2D eigenvalue weighted by Gasteiger charge is -2.02. The summed E-state index contributed by atoms with van der Waals surface area (Å²) in [5.41, 5.74) is 1.46. The van der Waals surface area contributed by atoms with Crippen LogP contribution in [0.3, 0.4) is 0 Å². The van der Waals surface area contributed by atoms with Crippen LogP contribution in [0.4, 0.5) is 4.39 Å². The molecule has 19 heavy (non-hydrogen) atoms. The molecule has 1 aromatic carbocycles. The number of benzene rings is 1. The minimum Gasteiger partial charge on any atom is -0.288 e. The predicted molar refractivity (Wildman–Crippen MR) is 69.4 cm³/mol. The molecular weight excluding hydrogens is 243 g/mol. The molecule has 0 saturated carbocycles. The largest absolute Gasteiger partial charge is 0.288 e. The van der Waals surface area contributed by atoms with Gasteiger partial charge in [-0.15, -0.1) is 0 Å². The molecule has 0 saturated heterocycles. The van der Waals surface area contributed by atoms with E-state index in [4.69, 9.17) is 0 Å². The Morgan fingerprint density at radius 3 is 2.63 bits per heavy atom. The Morgan fingerprint density at radius 2 is 1.79 bits per heavy atom. The summed E-state index contributed by atoms with van der Waals surface area (Å²) in [6, 6.07) is 10.4. The minimum atomic E-state index is -0.528. The Hall–Kier alpha value is -2.62. The number of halogens is 1. The Balaban J connectivity index is 2.06. The Bertz CT molecular complexity index is 771. The highest BCUT2D eigenvalue weighted by atomic mass is 19.1. The van der Waals surface area contributed by atoms with E-state index in [0.29, 0.717) is 5.56 Å². The van der Waals surface area contributed by atoms with E-state index in [1.807, 2.05) is 24.3 Å². The fraction of sp³-hybridized carbons (Fsp3) is 0. The van der Waals surface area contributed by atoms with Gasteiger partial charge in [-0.2, -0.15) is 0 Å². The van der Waals surface area contributed by atoms with Crippen LogP contribution in [0.2, 0.25) is 0 Å². The van der Waals surface area contributed by atoms with E-state index in [1.54, 1.807) is 6.07 Å². The van der Waals surface area contributed by atoms with Crippen molar-refractivity contribution >= 4 is 16.7 Å². The van der Waals surface area contributed by atoms with E-state index >= 15 is 0 Å². The fourth-order valence-corrected chi connectivity index (χ4v) is 1.90. The molecule has 92 valence electrons. The first-order valence-electron chi connectivity index (χ1n) is 5.74. The third kappa shape index (κ3) is 2.20. The summed E-state index contributed by atoms with van der Waals surface area (Å²) in [6.07, 6.45) is 3.91. The zero-order valence-corrected chi connectivity index (χ0v) is 9.88. The molecule has 0 unspecified atom stereocenters. The summed E-state index contributed by atoms with van der Waals surface area (Å²) in [5, 5.41) is 0.873. The molecule has 0 aliphatic heterocycles. The number of carbonyl (C=O) groups is 1. The zero-order chi connectivity index (χ0) is 13.2. The molecule has 3 nitrogen and oxygen atoms in total. The summed E-state index contributed by atoms with van der Waals surface area (Å²) in [6.45, 7) is 0. The zero-order valence-electron chi connectivity index (χ0n) is 9.88. The lowest BCUT2D eigenvalue weighted by molar-refractivity contribution is 0.103. The number of ketones is 1. The average Bonchev–Trinajstić information content (AvgIpc) is 2.46. The van der Waals surface area contributed by atoms with Gasteiger partial charge in [-0.3, -0.25) is 14.8 Å². The second-order valence-electron chi connectivity index (χ2n) is 4.14. The number of rotatable bonds is 2. The molecule has 0 amide bonds. The summed E-state index contributed by atoms with van der Waals surface area (Å²) >= 11 is 0. The van der Waals surface area contributed by atoms with Crippen LogP contribution in [-0.2, 0) is 0 Å². The van der Waals surface area contributed by atoms with Gasteiger partial charge in [-0.05, 0) is 18.2 Å². The first kappa shape index (κ1) is 11.5. The average molecular weight is 252 g/mol. The van der Waals surface area contributed by atoms with Crippen LogP contribution in [0.25, 0.3) is 10.9 Å². The monoisotopic (exact) mass is 252 g/mol. The molecule has 0 aliphatic rings. The van der Waals surface area contributed by atoms with Gasteiger partial charge in [0.15, 0.2) is 5.78 Å². The van der Waals surface area contributed by atoms with Gasteiger partial charge in [0.2, 0.25) is 0 Å². The first-order valence-corrected chi connectivity index (χ1v) is 5.74. The van der Waals surface area contributed by atoms with Crippen LogP contribution in [0.5, 0.6) is 0 Å². The van der Waals surface area contributed by atoms with Crippen LogP contribution < -0.4 is 0 Å². The van der Waals surface area contributed by atoms with E-state index in [9.17, 15) is 9.18 Å². The van der Waals surface area contributed by atoms with Crippen LogP contribution in [0.15, 0.2) is 55.0 Å². The van der Waals surface area contributed by atoms with Crippen molar-refractivity contribution < 1.29 is 9.18 Å². The molecule has 0 atom stereocenters. The number of pyridine rings is 2. The topological polar surface area (TPSA) is 42.9 Å². The molecule has 3 aromatic rings. The normalized spacial score (nSPS) is 10.6. The Labute approximate surface area is 108 Å². The van der Waals surface area contributed by atoms with Gasteiger partial charge in [0.25, 0.3) is 0 Å². The highest BCUT2D eigenvalue weighted by molar-refractivity contribution is 6.09. The maximum atomic E-state index is 13.1. The molecule has 0 spiro atoms. The van der Waals surface area contributed by atoms with Crippen LogP contribution >= 0.6 is 0 Å². The highest BCUT2D eigenvalue weighted by Crippen LogP contribution is 2.15. The standard InChI is InChI=1S/C15H9FN2O/c16-13-6-12(7-17-9-13)15(19)11-5-10-3-1-2-4-14(10)18-8-11/h1-9H. The number of para-hydroxylation sites is 1. The van der Waals surface area contributed by atoms with Gasteiger partial charge in [-0.1, -0.05) is 18.2 Å². The summed E-state index contributed by atoms with van der Waals surface area (Å²) in [4.78, 5) is 20.1. The molecular formula is C15H9FN2O. The maximum Gasteiger partial charge on any atom is 0.196 e. The van der Waals surface area contributed by atoms with Crippen molar-refractivity contribution in [2.75, 3.05) is 0 Å². The fourth-order valence-electron chi connectivity index (χ4n) is 1.90. The molecule has 2 heterocycles. The van der Waals surface area contributed by atoms with Crippen LogP contribution in [0.1, 0.15) is 15.9 Å². The number of hydrogen-bond acceptors (Lipinski definition) is 3. The minimum absolute atomic E-state index is 0.220. The summed E-state index contributed by atoms with van der Waals surface area (Å²) in [7, 11) is 0. The van der Waals surface area contributed by atoms with E-state index in [0.717, 1.165) is 17.1 Å². The second-order valence-corrected chi connectivity index (χ2v) is 4.14. The molecule has 0 N–H and O–H groups in total. The van der Waals surface area contributed by atoms with Crippen molar-refractivity contribution in [1.82, 2.24) is 9.97 Å². The van der Waals surface area contributed by atoms with Crippen molar-refractivity contribution in [2.24, 2.45) is 0 Å². The van der Waals surface area contributed by atoms with Gasteiger partial charge in [0, 0.05) is 28.9 Å². The third-order valence-corrected chi connectivity index (χ3v) is 2.82. The molecule has 2 aromatic heterocycles. The molecule has 0 bridgehead atoms. The Morgan fingerprint density at radius 1 is 1.00 bits per heavy atom. The number of fused-ring (bicyclic) bond motifs is 1. The maximum absolute atomic E-state index is 13.1. The second kappa shape index (κ2) is 4.57. The summed E-state index contributed by atoms with van der Waals surface area (Å²) in [5.74, 6) is -0.815. The van der Waals surface area contributed by atoms with Gasteiger partial charge in [0.1, 0.15) is 5.82 Å². The van der Waals surface area contributed by atoms with Gasteiger partial charge in [-0.25, -0.2) is 4.39 Å². The third-order valence-electron chi connectivity index (χ3n) is 2.82. The highest BCUT2D eigenvalue weighted by Gasteiger charge is 2.11. The number of hydrogen-bond donors (Lipinski definition) is 0.